The highest BCUT2D eigenvalue weighted by Gasteiger charge is 1.99. The molecule has 0 atom stereocenters. The van der Waals surface area contributed by atoms with Crippen molar-refractivity contribution in [2.45, 2.75) is 38.0 Å². The summed E-state index contributed by atoms with van der Waals surface area (Å²) in [6.45, 7) is 8.00. The lowest BCUT2D eigenvalue weighted by Crippen LogP contribution is -1.83. The van der Waals surface area contributed by atoms with E-state index < -0.39 is 0 Å². The third-order valence-corrected chi connectivity index (χ3v) is 3.22. The molecule has 2 rings (SSSR count). The minimum atomic E-state index is 0.713. The molecule has 0 aliphatic carbocycles. The van der Waals surface area contributed by atoms with Crippen molar-refractivity contribution in [1.29, 1.82) is 0 Å². The van der Waals surface area contributed by atoms with Crippen LogP contribution in [0.2, 0.25) is 0 Å². The summed E-state index contributed by atoms with van der Waals surface area (Å²) in [4.78, 5) is 16.3. The Morgan fingerprint density at radius 1 is 0.611 bits per heavy atom. The number of hydrogen-bond acceptors (Lipinski definition) is 6. The van der Waals surface area contributed by atoms with Crippen molar-refractivity contribution in [2.24, 2.45) is 0 Å². The maximum absolute atomic E-state index is 4.07. The summed E-state index contributed by atoms with van der Waals surface area (Å²) in [5, 5.41) is 1.43. The van der Waals surface area contributed by atoms with E-state index in [-0.39, 0.29) is 0 Å². The molecule has 0 bridgehead atoms. The number of aromatic nitrogens is 4. The Bertz CT molecular complexity index is 344. The van der Waals surface area contributed by atoms with E-state index in [1.165, 1.54) is 21.6 Å². The molecule has 0 spiro atoms. The van der Waals surface area contributed by atoms with Gasteiger partial charge < -0.3 is 0 Å². The molecule has 0 saturated heterocycles. The lowest BCUT2D eigenvalue weighted by atomic mass is 10.7. The summed E-state index contributed by atoms with van der Waals surface area (Å²) in [7, 11) is 2.89. The van der Waals surface area contributed by atoms with Gasteiger partial charge in [-0.25, -0.2) is 19.9 Å². The first kappa shape index (κ1) is 16.9. The van der Waals surface area contributed by atoms with Crippen LogP contribution in [0.1, 0.15) is 27.7 Å². The van der Waals surface area contributed by atoms with Crippen LogP contribution in [-0.4, -0.2) is 19.9 Å². The molecule has 18 heavy (non-hydrogen) atoms. The molecule has 98 valence electrons. The van der Waals surface area contributed by atoms with Gasteiger partial charge in [0.15, 0.2) is 10.3 Å². The highest BCUT2D eigenvalue weighted by molar-refractivity contribution is 8.76. The fourth-order valence-corrected chi connectivity index (χ4v) is 2.26. The van der Waals surface area contributed by atoms with Crippen molar-refractivity contribution in [2.75, 3.05) is 0 Å². The summed E-state index contributed by atoms with van der Waals surface area (Å²) < 4.78 is 0. The van der Waals surface area contributed by atoms with Crippen LogP contribution in [0.5, 0.6) is 0 Å². The van der Waals surface area contributed by atoms with Crippen molar-refractivity contribution >= 4 is 21.6 Å². The van der Waals surface area contributed by atoms with Gasteiger partial charge >= 0.3 is 0 Å². The normalized spacial score (nSPS) is 8.44. The highest BCUT2D eigenvalue weighted by Crippen LogP contribution is 2.31. The third kappa shape index (κ3) is 7.24. The predicted molar refractivity (Wildman–Crippen MR) is 78.5 cm³/mol. The molecule has 0 amide bonds. The Kier molecular flexibility index (Phi) is 11.5. The molecular formula is C12H18N4S2. The van der Waals surface area contributed by atoms with Gasteiger partial charge in [0.2, 0.25) is 0 Å². The first-order valence-electron chi connectivity index (χ1n) is 5.84. The number of hydrogen-bond donors (Lipinski definition) is 0. The molecule has 0 saturated carbocycles. The van der Waals surface area contributed by atoms with Crippen molar-refractivity contribution in [1.82, 2.24) is 19.9 Å². The van der Waals surface area contributed by atoms with Gasteiger partial charge in [0, 0.05) is 24.8 Å². The lowest BCUT2D eigenvalue weighted by molar-refractivity contribution is 0.966. The maximum atomic E-state index is 4.07. The standard InChI is InChI=1S/C8H6N4S2.2C2H6/c1-3-9-7(10-4-1)13-14-8-11-5-2-6-12-8;2*1-2/h1-6H;2*1-2H3. The van der Waals surface area contributed by atoms with Crippen LogP contribution in [-0.2, 0) is 0 Å². The van der Waals surface area contributed by atoms with Gasteiger partial charge in [-0.3, -0.25) is 0 Å². The van der Waals surface area contributed by atoms with Crippen LogP contribution in [0.3, 0.4) is 0 Å². The van der Waals surface area contributed by atoms with Crippen molar-refractivity contribution in [3.63, 3.8) is 0 Å². The number of nitrogens with zero attached hydrogens (tertiary/aromatic N) is 4. The Balaban J connectivity index is 0.000000659. The monoisotopic (exact) mass is 282 g/mol. The second-order valence-electron chi connectivity index (χ2n) is 2.23. The molecule has 0 radical (unpaired) electrons. The SMILES string of the molecule is CC.CC.c1cnc(SSc2ncccn2)nc1. The molecule has 2 aromatic heterocycles. The Labute approximate surface area is 116 Å². The van der Waals surface area contributed by atoms with E-state index in [9.17, 15) is 0 Å². The summed E-state index contributed by atoms with van der Waals surface area (Å²) in [6, 6.07) is 3.57. The summed E-state index contributed by atoms with van der Waals surface area (Å²) in [5.41, 5.74) is 0. The van der Waals surface area contributed by atoms with Crippen molar-refractivity contribution < 1.29 is 0 Å². The Hall–Kier alpha value is -1.14. The Morgan fingerprint density at radius 2 is 0.889 bits per heavy atom. The molecule has 2 heterocycles. The van der Waals surface area contributed by atoms with E-state index in [4.69, 9.17) is 0 Å². The minimum absolute atomic E-state index is 0.713. The van der Waals surface area contributed by atoms with Gasteiger partial charge in [-0.05, 0) is 33.7 Å². The van der Waals surface area contributed by atoms with Gasteiger partial charge in [-0.2, -0.15) is 0 Å². The second kappa shape index (κ2) is 12.3. The topological polar surface area (TPSA) is 51.6 Å². The zero-order chi connectivity index (χ0) is 13.6. The van der Waals surface area contributed by atoms with Crippen LogP contribution in [0.25, 0.3) is 0 Å². The van der Waals surface area contributed by atoms with Gasteiger partial charge in [0.1, 0.15) is 0 Å². The van der Waals surface area contributed by atoms with Gasteiger partial charge in [0.05, 0.1) is 0 Å². The van der Waals surface area contributed by atoms with Crippen LogP contribution in [0.4, 0.5) is 0 Å². The largest absolute Gasteiger partial charge is 0.230 e. The molecule has 0 fully saturated rings. The minimum Gasteiger partial charge on any atom is -0.230 e. The van der Waals surface area contributed by atoms with E-state index in [1.54, 1.807) is 36.9 Å². The van der Waals surface area contributed by atoms with E-state index in [1.807, 2.05) is 27.7 Å². The van der Waals surface area contributed by atoms with Crippen LogP contribution in [0.15, 0.2) is 47.2 Å². The first-order chi connectivity index (χ1) is 8.95. The van der Waals surface area contributed by atoms with Crippen molar-refractivity contribution in [3.8, 4) is 0 Å². The summed E-state index contributed by atoms with van der Waals surface area (Å²) in [5.74, 6) is 0. The molecule has 0 aliphatic heterocycles. The van der Waals surface area contributed by atoms with Crippen molar-refractivity contribution in [3.05, 3.63) is 36.9 Å². The maximum Gasteiger partial charge on any atom is 0.198 e. The lowest BCUT2D eigenvalue weighted by Gasteiger charge is -1.96. The fraction of sp³-hybridized carbons (Fsp3) is 0.333. The van der Waals surface area contributed by atoms with E-state index >= 15 is 0 Å². The quantitative estimate of drug-likeness (QED) is 0.623. The fourth-order valence-electron chi connectivity index (χ4n) is 0.731. The van der Waals surface area contributed by atoms with Crippen LogP contribution >= 0.6 is 21.6 Å². The molecule has 4 nitrogen and oxygen atoms in total. The second-order valence-corrected chi connectivity index (χ2v) is 4.29. The van der Waals surface area contributed by atoms with Gasteiger partial charge in [0.25, 0.3) is 0 Å². The molecule has 0 aromatic carbocycles. The van der Waals surface area contributed by atoms with E-state index in [0.29, 0.717) is 10.3 Å². The van der Waals surface area contributed by atoms with E-state index in [0.717, 1.165) is 0 Å². The average Bonchev–Trinajstić information content (AvgIpc) is 2.51. The third-order valence-electron chi connectivity index (χ3n) is 1.27. The molecular weight excluding hydrogens is 264 g/mol. The molecule has 0 aliphatic rings. The smallest absolute Gasteiger partial charge is 0.198 e. The summed E-state index contributed by atoms with van der Waals surface area (Å²) >= 11 is 0. The van der Waals surface area contributed by atoms with Crippen LogP contribution < -0.4 is 0 Å². The van der Waals surface area contributed by atoms with Gasteiger partial charge in [-0.15, -0.1) is 0 Å². The van der Waals surface area contributed by atoms with E-state index in [2.05, 4.69) is 19.9 Å². The zero-order valence-electron chi connectivity index (χ0n) is 11.1. The number of rotatable bonds is 3. The zero-order valence-corrected chi connectivity index (χ0v) is 12.7. The summed E-state index contributed by atoms with van der Waals surface area (Å²) in [6.07, 6.45) is 6.84. The molecule has 2 aromatic rings. The molecule has 0 N–H and O–H groups in total. The van der Waals surface area contributed by atoms with Crippen LogP contribution in [0, 0.1) is 0 Å². The molecule has 0 unspecified atom stereocenters. The predicted octanol–water partition coefficient (Wildman–Crippen LogP) is 4.12. The Morgan fingerprint density at radius 3 is 1.17 bits per heavy atom. The highest BCUT2D eigenvalue weighted by atomic mass is 33.1. The van der Waals surface area contributed by atoms with Gasteiger partial charge in [-0.1, -0.05) is 27.7 Å². The first-order valence-corrected chi connectivity index (χ1v) is 7.99. The molecule has 6 heteroatoms. The average molecular weight is 282 g/mol.